The largest absolute Gasteiger partial charge is 0.359 e. The van der Waals surface area contributed by atoms with Crippen LogP contribution in [0.4, 0.5) is 0 Å². The average molecular weight is 548 g/mol. The van der Waals surface area contributed by atoms with Gasteiger partial charge in [-0.05, 0) is 66.6 Å². The first kappa shape index (κ1) is 26.0. The van der Waals surface area contributed by atoms with Crippen molar-refractivity contribution in [3.63, 3.8) is 0 Å². The Morgan fingerprint density at radius 3 is 2.70 bits per heavy atom. The van der Waals surface area contributed by atoms with Crippen molar-refractivity contribution in [1.29, 1.82) is 0 Å². The number of imidazole rings is 1. The predicted molar refractivity (Wildman–Crippen MR) is 165 cm³/mol. The van der Waals surface area contributed by atoms with Crippen molar-refractivity contribution in [3.8, 4) is 22.1 Å². The molecule has 0 amide bonds. The summed E-state index contributed by atoms with van der Waals surface area (Å²) in [5, 5.41) is 13.2. The normalized spacial score (nSPS) is 15.1. The number of thiophene rings is 1. The Morgan fingerprint density at radius 1 is 1.07 bits per heavy atom. The molecular weight excluding hydrogens is 514 g/mol. The summed E-state index contributed by atoms with van der Waals surface area (Å²) >= 11 is 1.65. The minimum absolute atomic E-state index is 0.654. The molecule has 1 saturated carbocycles. The zero-order chi connectivity index (χ0) is 27.5. The SMILES string of the molecule is C=C/C(=C\C(=C/C)c1ccc2[nH]nc(-c3nc4c(-c5cccs5)nccc4[nH]3)c2n1)NC(=C)CC1CCCCC1. The Morgan fingerprint density at radius 2 is 1.93 bits per heavy atom. The van der Waals surface area contributed by atoms with Crippen LogP contribution in [-0.4, -0.2) is 30.1 Å². The van der Waals surface area contributed by atoms with Gasteiger partial charge in [-0.1, -0.05) is 57.4 Å². The summed E-state index contributed by atoms with van der Waals surface area (Å²) in [6.45, 7) is 10.4. The lowest BCUT2D eigenvalue weighted by molar-refractivity contribution is 0.353. The van der Waals surface area contributed by atoms with Gasteiger partial charge in [-0.2, -0.15) is 5.10 Å². The zero-order valence-corrected chi connectivity index (χ0v) is 23.5. The molecule has 3 N–H and O–H groups in total. The van der Waals surface area contributed by atoms with Crippen LogP contribution in [-0.2, 0) is 0 Å². The number of allylic oxidation sites excluding steroid dienone is 5. The Labute approximate surface area is 237 Å². The van der Waals surface area contributed by atoms with Gasteiger partial charge in [0.05, 0.1) is 21.6 Å². The molecule has 0 bridgehead atoms. The lowest BCUT2D eigenvalue weighted by Crippen LogP contribution is -2.16. The Bertz CT molecular complexity index is 1730. The number of hydrogen-bond acceptors (Lipinski definition) is 6. The van der Waals surface area contributed by atoms with Crippen molar-refractivity contribution in [2.45, 2.75) is 45.4 Å². The summed E-state index contributed by atoms with van der Waals surface area (Å²) in [6.07, 6.45) is 15.4. The van der Waals surface area contributed by atoms with E-state index in [1.54, 1.807) is 17.5 Å². The highest BCUT2D eigenvalue weighted by molar-refractivity contribution is 7.13. The lowest BCUT2D eigenvalue weighted by Gasteiger charge is -2.23. The van der Waals surface area contributed by atoms with E-state index in [1.165, 1.54) is 32.1 Å². The quantitative estimate of drug-likeness (QED) is 0.162. The second kappa shape index (κ2) is 11.4. The van der Waals surface area contributed by atoms with E-state index in [1.807, 2.05) is 42.6 Å². The van der Waals surface area contributed by atoms with Crippen LogP contribution in [0.15, 0.2) is 84.7 Å². The van der Waals surface area contributed by atoms with Crippen molar-refractivity contribution >= 4 is 39.0 Å². The first-order valence-electron chi connectivity index (χ1n) is 13.8. The Kier molecular flexibility index (Phi) is 7.42. The summed E-state index contributed by atoms with van der Waals surface area (Å²) in [7, 11) is 0. The number of H-pyrrole nitrogens is 2. The van der Waals surface area contributed by atoms with Gasteiger partial charge in [-0.15, -0.1) is 11.3 Å². The van der Waals surface area contributed by atoms with E-state index in [9.17, 15) is 0 Å². The minimum Gasteiger partial charge on any atom is -0.359 e. The van der Waals surface area contributed by atoms with Crippen LogP contribution in [0.3, 0.4) is 0 Å². The maximum absolute atomic E-state index is 5.02. The van der Waals surface area contributed by atoms with Crippen molar-refractivity contribution in [2.75, 3.05) is 0 Å². The number of hydrogen-bond donors (Lipinski definition) is 3. The van der Waals surface area contributed by atoms with Gasteiger partial charge in [-0.3, -0.25) is 10.1 Å². The second-order valence-corrected chi connectivity index (χ2v) is 11.2. The highest BCUT2D eigenvalue weighted by Crippen LogP contribution is 2.32. The number of fused-ring (bicyclic) bond motifs is 2. The van der Waals surface area contributed by atoms with Crippen LogP contribution in [0.5, 0.6) is 0 Å². The molecule has 0 saturated heterocycles. The first-order chi connectivity index (χ1) is 19.6. The minimum atomic E-state index is 0.654. The summed E-state index contributed by atoms with van der Waals surface area (Å²) in [5.41, 5.74) is 8.64. The van der Waals surface area contributed by atoms with Gasteiger partial charge in [0, 0.05) is 17.6 Å². The molecule has 6 rings (SSSR count). The van der Waals surface area contributed by atoms with Crippen molar-refractivity contribution in [1.82, 2.24) is 35.5 Å². The summed E-state index contributed by atoms with van der Waals surface area (Å²) in [4.78, 5) is 19.0. The van der Waals surface area contributed by atoms with Crippen LogP contribution >= 0.6 is 11.3 Å². The van der Waals surface area contributed by atoms with Gasteiger partial charge in [-0.25, -0.2) is 9.97 Å². The number of nitrogens with one attached hydrogen (secondary N) is 3. The van der Waals surface area contributed by atoms with E-state index in [-0.39, 0.29) is 0 Å². The fourth-order valence-corrected chi connectivity index (χ4v) is 6.20. The van der Waals surface area contributed by atoms with E-state index < -0.39 is 0 Å². The van der Waals surface area contributed by atoms with Crippen molar-refractivity contribution in [2.24, 2.45) is 5.92 Å². The van der Waals surface area contributed by atoms with Crippen LogP contribution < -0.4 is 5.32 Å². The van der Waals surface area contributed by atoms with Crippen LogP contribution in [0.1, 0.15) is 51.1 Å². The number of rotatable bonds is 9. The molecule has 202 valence electrons. The molecule has 5 aromatic heterocycles. The molecule has 0 aromatic carbocycles. The monoisotopic (exact) mass is 547 g/mol. The van der Waals surface area contributed by atoms with E-state index in [4.69, 9.17) is 9.97 Å². The fraction of sp³-hybridized carbons (Fsp3) is 0.250. The third kappa shape index (κ3) is 5.27. The molecule has 1 fully saturated rings. The van der Waals surface area contributed by atoms with E-state index in [0.717, 1.165) is 67.6 Å². The summed E-state index contributed by atoms with van der Waals surface area (Å²) < 4.78 is 0. The topological polar surface area (TPSA) is 95.2 Å². The van der Waals surface area contributed by atoms with Crippen LogP contribution in [0.2, 0.25) is 0 Å². The van der Waals surface area contributed by atoms with E-state index in [0.29, 0.717) is 11.5 Å². The average Bonchev–Trinajstić information content (AvgIpc) is 3.74. The highest BCUT2D eigenvalue weighted by Gasteiger charge is 2.18. The fourth-order valence-electron chi connectivity index (χ4n) is 5.48. The maximum Gasteiger partial charge on any atom is 0.161 e. The van der Waals surface area contributed by atoms with E-state index in [2.05, 4.69) is 56.9 Å². The molecule has 1 aliphatic carbocycles. The smallest absolute Gasteiger partial charge is 0.161 e. The van der Waals surface area contributed by atoms with Gasteiger partial charge < -0.3 is 10.3 Å². The third-order valence-electron chi connectivity index (χ3n) is 7.51. The number of pyridine rings is 2. The standard InChI is InChI=1S/C32H33N7S/c1-4-22(19-23(5-2)34-20(3)18-21-10-7-6-8-11-21)24-13-14-26-29(35-24)31(39-38-26)32-36-25-15-16-33-30(28(25)37-32)27-12-9-17-40-27/h4-5,9,12-17,19,21,34H,2-3,6-8,10-11,18H2,1H3,(H,36,37)(H,38,39)/b22-4+,23-19+. The Balaban J connectivity index is 1.29. The van der Waals surface area contributed by atoms with Crippen molar-refractivity contribution in [3.05, 3.63) is 90.4 Å². The van der Waals surface area contributed by atoms with E-state index >= 15 is 0 Å². The molecule has 8 heteroatoms. The van der Waals surface area contributed by atoms with Gasteiger partial charge in [0.15, 0.2) is 11.5 Å². The molecule has 7 nitrogen and oxygen atoms in total. The number of aromatic nitrogens is 6. The van der Waals surface area contributed by atoms with Gasteiger partial charge in [0.25, 0.3) is 0 Å². The third-order valence-corrected chi connectivity index (χ3v) is 8.38. The molecule has 0 radical (unpaired) electrons. The summed E-state index contributed by atoms with van der Waals surface area (Å²) in [6, 6.07) is 10.0. The van der Waals surface area contributed by atoms with Crippen molar-refractivity contribution < 1.29 is 0 Å². The van der Waals surface area contributed by atoms with Gasteiger partial charge in [0.2, 0.25) is 0 Å². The van der Waals surface area contributed by atoms with Crippen LogP contribution in [0.25, 0.3) is 49.7 Å². The maximum atomic E-state index is 5.02. The molecule has 5 heterocycles. The Hall–Kier alpha value is -4.30. The summed E-state index contributed by atoms with van der Waals surface area (Å²) in [5.74, 6) is 1.38. The zero-order valence-electron chi connectivity index (χ0n) is 22.7. The molecule has 5 aromatic rings. The van der Waals surface area contributed by atoms with Crippen LogP contribution in [0, 0.1) is 5.92 Å². The number of aromatic amines is 2. The molecule has 0 unspecified atom stereocenters. The first-order valence-corrected chi connectivity index (χ1v) is 14.7. The van der Waals surface area contributed by atoms with Gasteiger partial charge >= 0.3 is 0 Å². The molecule has 0 aliphatic heterocycles. The molecule has 0 atom stereocenters. The highest BCUT2D eigenvalue weighted by atomic mass is 32.1. The lowest BCUT2D eigenvalue weighted by atomic mass is 9.86. The molecule has 40 heavy (non-hydrogen) atoms. The second-order valence-electron chi connectivity index (χ2n) is 10.3. The predicted octanol–water partition coefficient (Wildman–Crippen LogP) is 8.17. The number of nitrogens with zero attached hydrogens (tertiary/aromatic N) is 4. The molecule has 0 spiro atoms. The molecule has 1 aliphatic rings. The molecular formula is C32H33N7S. The van der Waals surface area contributed by atoms with Gasteiger partial charge in [0.1, 0.15) is 16.7 Å².